The Bertz CT molecular complexity index is 1240. The Balaban J connectivity index is 1.25. The molecule has 34 heavy (non-hydrogen) atoms. The zero-order valence-electron chi connectivity index (χ0n) is 20.1. The summed E-state index contributed by atoms with van der Waals surface area (Å²) in [6, 6.07) is 7.46. The number of carbonyl (C=O) groups excluding carboxylic acids is 2. The Hall–Kier alpha value is -2.84. The molecular weight excluding hydrogens is 448 g/mol. The molecule has 2 atom stereocenters. The Kier molecular flexibility index (Phi) is 6.12. The summed E-state index contributed by atoms with van der Waals surface area (Å²) in [6.07, 6.45) is 2.37. The average Bonchev–Trinajstić information content (AvgIpc) is 3.60. The van der Waals surface area contributed by atoms with Crippen molar-refractivity contribution in [2.24, 2.45) is 0 Å². The van der Waals surface area contributed by atoms with Crippen LogP contribution in [0.15, 0.2) is 24.3 Å². The van der Waals surface area contributed by atoms with Crippen molar-refractivity contribution in [2.45, 2.75) is 65.2 Å². The Morgan fingerprint density at radius 1 is 1.09 bits per heavy atom. The monoisotopic (exact) mass is 478 g/mol. The molecule has 2 aromatic heterocycles. The molecule has 2 fully saturated rings. The molecule has 1 saturated heterocycles. The van der Waals surface area contributed by atoms with E-state index in [1.165, 1.54) is 11.3 Å². The summed E-state index contributed by atoms with van der Waals surface area (Å²) in [7, 11) is 0. The van der Waals surface area contributed by atoms with E-state index in [9.17, 15) is 9.59 Å². The second-order valence-electron chi connectivity index (χ2n) is 9.52. The van der Waals surface area contributed by atoms with Gasteiger partial charge in [0.15, 0.2) is 0 Å². The van der Waals surface area contributed by atoms with Crippen LogP contribution in [0.1, 0.15) is 75.3 Å². The first-order valence-electron chi connectivity index (χ1n) is 11.9. The first kappa shape index (κ1) is 22.9. The van der Waals surface area contributed by atoms with Gasteiger partial charge in [0.05, 0.1) is 22.8 Å². The van der Waals surface area contributed by atoms with Crippen LogP contribution >= 0.6 is 11.3 Å². The molecule has 0 radical (unpaired) electrons. The molecule has 2 unspecified atom stereocenters. The van der Waals surface area contributed by atoms with Crippen LogP contribution in [0.4, 0.5) is 0 Å². The topological polar surface area (TPSA) is 84.4 Å². The summed E-state index contributed by atoms with van der Waals surface area (Å²) < 4.78 is 5.72. The molecule has 5 rings (SSSR count). The zero-order chi connectivity index (χ0) is 24.0. The minimum absolute atomic E-state index is 0.0144. The number of nitrogens with one attached hydrogen (secondary N) is 1. The maximum Gasteiger partial charge on any atom is 0.261 e. The van der Waals surface area contributed by atoms with Crippen molar-refractivity contribution in [3.63, 3.8) is 0 Å². The van der Waals surface area contributed by atoms with Gasteiger partial charge in [0.2, 0.25) is 0 Å². The number of amides is 2. The number of nitrogens with zero attached hydrogens (tertiary/aromatic N) is 3. The van der Waals surface area contributed by atoms with Gasteiger partial charge in [0.1, 0.15) is 10.7 Å². The largest absolute Gasteiger partial charge is 0.372 e. The van der Waals surface area contributed by atoms with Crippen LogP contribution in [0, 0.1) is 13.8 Å². The van der Waals surface area contributed by atoms with Crippen molar-refractivity contribution in [2.75, 3.05) is 13.1 Å². The highest BCUT2D eigenvalue weighted by Gasteiger charge is 2.29. The number of carbonyl (C=O) groups is 2. The van der Waals surface area contributed by atoms with E-state index in [1.54, 1.807) is 0 Å². The molecule has 2 aliphatic rings. The van der Waals surface area contributed by atoms with Crippen molar-refractivity contribution in [3.05, 3.63) is 57.4 Å². The molecule has 1 aliphatic carbocycles. The molecule has 1 aliphatic heterocycles. The molecule has 1 saturated carbocycles. The van der Waals surface area contributed by atoms with Gasteiger partial charge < -0.3 is 15.0 Å². The van der Waals surface area contributed by atoms with Crippen LogP contribution in [0.5, 0.6) is 0 Å². The summed E-state index contributed by atoms with van der Waals surface area (Å²) in [5, 5.41) is 4.02. The zero-order valence-corrected chi connectivity index (χ0v) is 20.9. The predicted molar refractivity (Wildman–Crippen MR) is 132 cm³/mol. The molecule has 2 amide bonds. The van der Waals surface area contributed by atoms with E-state index in [-0.39, 0.29) is 24.0 Å². The average molecular weight is 479 g/mol. The predicted octanol–water partition coefficient (Wildman–Crippen LogP) is 4.36. The number of benzene rings is 1. The van der Waals surface area contributed by atoms with Gasteiger partial charge in [-0.25, -0.2) is 9.97 Å². The number of hydrogen-bond donors (Lipinski definition) is 1. The van der Waals surface area contributed by atoms with Gasteiger partial charge in [-0.15, -0.1) is 11.3 Å². The third-order valence-electron chi connectivity index (χ3n) is 6.50. The summed E-state index contributed by atoms with van der Waals surface area (Å²) in [4.78, 5) is 38.7. The van der Waals surface area contributed by atoms with E-state index in [0.29, 0.717) is 36.0 Å². The SMILES string of the molecule is Cc1nc(C2CC2)nc2sc(C(=O)NCc3ccc(C(=O)N4CC(C)OC(C)C4)cc3)c(C)c12. The molecule has 0 bridgehead atoms. The number of morpholine rings is 1. The Morgan fingerprint density at radius 2 is 1.76 bits per heavy atom. The number of hydrogen-bond acceptors (Lipinski definition) is 6. The normalized spacial score (nSPS) is 20.5. The minimum atomic E-state index is -0.107. The number of ether oxygens (including phenoxy) is 1. The van der Waals surface area contributed by atoms with Crippen molar-refractivity contribution >= 4 is 33.4 Å². The van der Waals surface area contributed by atoms with Crippen molar-refractivity contribution in [1.82, 2.24) is 20.2 Å². The summed E-state index contributed by atoms with van der Waals surface area (Å²) in [5.41, 5.74) is 3.48. The fraction of sp³-hybridized carbons (Fsp3) is 0.462. The van der Waals surface area contributed by atoms with Crippen LogP contribution in [0.25, 0.3) is 10.2 Å². The molecule has 0 spiro atoms. The van der Waals surface area contributed by atoms with Gasteiger partial charge >= 0.3 is 0 Å². The first-order valence-corrected chi connectivity index (χ1v) is 12.7. The van der Waals surface area contributed by atoms with E-state index in [0.717, 1.165) is 45.7 Å². The Labute approximate surface area is 203 Å². The molecule has 7 nitrogen and oxygen atoms in total. The molecule has 1 N–H and O–H groups in total. The molecule has 3 aromatic rings. The number of thiophene rings is 1. The van der Waals surface area contributed by atoms with E-state index in [1.807, 2.05) is 56.9 Å². The molecular formula is C26H30N4O3S. The lowest BCUT2D eigenvalue weighted by atomic mass is 10.1. The number of rotatable bonds is 5. The third kappa shape index (κ3) is 4.57. The standard InChI is InChI=1S/C26H30N4O3S/c1-14-12-30(13-15(2)33-14)26(32)20-7-5-18(6-8-20)11-27-24(31)22-16(3)21-17(4)28-23(19-9-10-19)29-25(21)34-22/h5-8,14-15,19H,9-13H2,1-4H3,(H,27,31). The fourth-order valence-corrected chi connectivity index (χ4v) is 5.81. The molecule has 178 valence electrons. The second kappa shape index (κ2) is 9.07. The maximum absolute atomic E-state index is 13.0. The lowest BCUT2D eigenvalue weighted by Gasteiger charge is -2.35. The summed E-state index contributed by atoms with van der Waals surface area (Å²) >= 11 is 1.44. The minimum Gasteiger partial charge on any atom is -0.372 e. The first-order chi connectivity index (χ1) is 16.3. The van der Waals surface area contributed by atoms with E-state index < -0.39 is 0 Å². The van der Waals surface area contributed by atoms with Gasteiger partial charge in [0.25, 0.3) is 11.8 Å². The smallest absolute Gasteiger partial charge is 0.261 e. The van der Waals surface area contributed by atoms with Crippen LogP contribution in [0.2, 0.25) is 0 Å². The van der Waals surface area contributed by atoms with Crippen LogP contribution in [0.3, 0.4) is 0 Å². The van der Waals surface area contributed by atoms with Gasteiger partial charge in [-0.2, -0.15) is 0 Å². The van der Waals surface area contributed by atoms with Crippen molar-refractivity contribution in [3.8, 4) is 0 Å². The van der Waals surface area contributed by atoms with Gasteiger partial charge in [-0.1, -0.05) is 12.1 Å². The lowest BCUT2D eigenvalue weighted by Crippen LogP contribution is -2.48. The second-order valence-corrected chi connectivity index (χ2v) is 10.5. The van der Waals surface area contributed by atoms with E-state index in [2.05, 4.69) is 10.3 Å². The van der Waals surface area contributed by atoms with Gasteiger partial charge in [-0.3, -0.25) is 9.59 Å². The number of fused-ring (bicyclic) bond motifs is 1. The highest BCUT2D eigenvalue weighted by molar-refractivity contribution is 7.20. The van der Waals surface area contributed by atoms with Gasteiger partial charge in [-0.05, 0) is 63.8 Å². The van der Waals surface area contributed by atoms with E-state index in [4.69, 9.17) is 9.72 Å². The molecule has 8 heteroatoms. The van der Waals surface area contributed by atoms with Gasteiger partial charge in [0, 0.05) is 36.5 Å². The van der Waals surface area contributed by atoms with Crippen molar-refractivity contribution in [1.29, 1.82) is 0 Å². The highest BCUT2D eigenvalue weighted by atomic mass is 32.1. The lowest BCUT2D eigenvalue weighted by molar-refractivity contribution is -0.0586. The third-order valence-corrected chi connectivity index (χ3v) is 7.68. The van der Waals surface area contributed by atoms with E-state index >= 15 is 0 Å². The fourth-order valence-electron chi connectivity index (χ4n) is 4.65. The van der Waals surface area contributed by atoms with Crippen LogP contribution in [-0.2, 0) is 11.3 Å². The number of aryl methyl sites for hydroxylation is 2. The quantitative estimate of drug-likeness (QED) is 0.589. The van der Waals surface area contributed by atoms with Crippen molar-refractivity contribution < 1.29 is 14.3 Å². The maximum atomic E-state index is 13.0. The number of aromatic nitrogens is 2. The molecule has 3 heterocycles. The summed E-state index contributed by atoms with van der Waals surface area (Å²) in [6.45, 7) is 9.53. The highest BCUT2D eigenvalue weighted by Crippen LogP contribution is 2.40. The van der Waals surface area contributed by atoms with Crippen LogP contribution in [-0.4, -0.2) is 52.0 Å². The Morgan fingerprint density at radius 3 is 2.41 bits per heavy atom. The summed E-state index contributed by atoms with van der Waals surface area (Å²) in [5.74, 6) is 1.30. The van der Waals surface area contributed by atoms with Crippen LogP contribution < -0.4 is 5.32 Å². The molecule has 1 aromatic carbocycles.